The predicted octanol–water partition coefficient (Wildman–Crippen LogP) is 0.273. The Bertz CT molecular complexity index is 1630. The van der Waals surface area contributed by atoms with Crippen LogP contribution in [0.5, 0.6) is 0 Å². The van der Waals surface area contributed by atoms with Crippen molar-refractivity contribution in [1.82, 2.24) is 20.2 Å². The topological polar surface area (TPSA) is 253 Å². The minimum atomic E-state index is -5.03. The van der Waals surface area contributed by atoms with Gasteiger partial charge in [-0.2, -0.15) is 8.42 Å². The van der Waals surface area contributed by atoms with E-state index in [1.165, 1.54) is 25.3 Å². The molecule has 0 saturated carbocycles. The molecule has 47 heavy (non-hydrogen) atoms. The van der Waals surface area contributed by atoms with Crippen LogP contribution in [-0.2, 0) is 45.4 Å². The van der Waals surface area contributed by atoms with Crippen molar-refractivity contribution in [2.75, 3.05) is 58.0 Å². The fourth-order valence-corrected chi connectivity index (χ4v) is 4.37. The van der Waals surface area contributed by atoms with E-state index in [4.69, 9.17) is 19.7 Å². The second-order valence-electron chi connectivity index (χ2n) is 9.85. The maximum atomic E-state index is 13.4. The standard InChI is InChI=1S/C27H37FN8O10S/c1-19-16-36(27(41)34-25(19)39)17-23(37)33-22(26(40)32-20-5-4-6-21(15-20)47(28,42)43)7-2-3-8-30-24(38)18-46-14-13-45-12-11-44-10-9-31-35-29/h4-6,15-16,22H,2-3,7-14,17-18H2,1H3,(H,30,38)(H,32,40)(H,33,37)(H,34,39,41)/t22-/m0/s1. The molecule has 3 amide bonds. The Kier molecular flexibility index (Phi) is 16.8. The number of aryl methyl sites for hydroxylation is 1. The summed E-state index contributed by atoms with van der Waals surface area (Å²) in [7, 11) is -5.03. The van der Waals surface area contributed by atoms with E-state index >= 15 is 0 Å². The lowest BCUT2D eigenvalue weighted by Gasteiger charge is -2.19. The molecule has 0 saturated heterocycles. The summed E-state index contributed by atoms with van der Waals surface area (Å²) in [4.78, 5) is 65.6. The second kappa shape index (κ2) is 20.5. The summed E-state index contributed by atoms with van der Waals surface area (Å²) < 4.78 is 52.6. The molecule has 0 aliphatic carbocycles. The zero-order valence-corrected chi connectivity index (χ0v) is 26.4. The van der Waals surface area contributed by atoms with Gasteiger partial charge < -0.3 is 30.2 Å². The van der Waals surface area contributed by atoms with Crippen LogP contribution in [0.1, 0.15) is 24.8 Å². The highest BCUT2D eigenvalue weighted by molar-refractivity contribution is 7.86. The number of benzene rings is 1. The first-order valence-electron chi connectivity index (χ1n) is 14.4. The summed E-state index contributed by atoms with van der Waals surface area (Å²) in [6.07, 6.45) is 2.03. The van der Waals surface area contributed by atoms with Crippen molar-refractivity contribution < 1.29 is 40.9 Å². The lowest BCUT2D eigenvalue weighted by molar-refractivity contribution is -0.127. The molecule has 1 atom stereocenters. The van der Waals surface area contributed by atoms with Crippen LogP contribution in [0.3, 0.4) is 0 Å². The fraction of sp³-hybridized carbons (Fsp3) is 0.519. The molecule has 2 aromatic rings. The third-order valence-corrected chi connectivity index (χ3v) is 6.97. The van der Waals surface area contributed by atoms with E-state index in [0.717, 1.165) is 16.7 Å². The van der Waals surface area contributed by atoms with E-state index in [9.17, 15) is 36.3 Å². The van der Waals surface area contributed by atoms with Crippen LogP contribution in [0, 0.1) is 6.92 Å². The van der Waals surface area contributed by atoms with Gasteiger partial charge in [-0.1, -0.05) is 11.2 Å². The maximum Gasteiger partial charge on any atom is 0.332 e. The molecule has 0 radical (unpaired) electrons. The van der Waals surface area contributed by atoms with Gasteiger partial charge in [0.2, 0.25) is 17.7 Å². The Balaban J connectivity index is 1.83. The number of azide groups is 1. The molecule has 0 unspecified atom stereocenters. The van der Waals surface area contributed by atoms with E-state index < -0.39 is 50.8 Å². The highest BCUT2D eigenvalue weighted by atomic mass is 32.3. The van der Waals surface area contributed by atoms with Crippen LogP contribution in [0.4, 0.5) is 9.57 Å². The number of nitrogens with one attached hydrogen (secondary N) is 4. The number of carbonyl (C=O) groups excluding carboxylic acids is 3. The van der Waals surface area contributed by atoms with Gasteiger partial charge in [-0.3, -0.25) is 28.7 Å². The second-order valence-corrected chi connectivity index (χ2v) is 11.2. The van der Waals surface area contributed by atoms with Crippen molar-refractivity contribution >= 4 is 33.6 Å². The summed E-state index contributed by atoms with van der Waals surface area (Å²) in [5, 5.41) is 11.0. The van der Waals surface area contributed by atoms with E-state index in [2.05, 4.69) is 31.0 Å². The average Bonchev–Trinajstić information content (AvgIpc) is 3.01. The molecular formula is C27H37FN8O10S. The molecule has 1 heterocycles. The largest absolute Gasteiger partial charge is 0.379 e. The van der Waals surface area contributed by atoms with Crippen LogP contribution in [0.25, 0.3) is 10.4 Å². The van der Waals surface area contributed by atoms with E-state index in [1.54, 1.807) is 0 Å². The van der Waals surface area contributed by atoms with E-state index in [0.29, 0.717) is 26.1 Å². The zero-order chi connectivity index (χ0) is 34.7. The third kappa shape index (κ3) is 15.5. The predicted molar refractivity (Wildman–Crippen MR) is 165 cm³/mol. The number of aromatic nitrogens is 2. The maximum absolute atomic E-state index is 13.4. The number of nitrogens with zero attached hydrogens (tertiary/aromatic N) is 4. The number of amides is 3. The number of ether oxygens (including phenoxy) is 3. The van der Waals surface area contributed by atoms with Gasteiger partial charge in [0.1, 0.15) is 24.1 Å². The number of carbonyl (C=O) groups is 3. The fourth-order valence-electron chi connectivity index (χ4n) is 3.86. The summed E-state index contributed by atoms with van der Waals surface area (Å²) in [5.41, 5.74) is 6.89. The number of unbranched alkanes of at least 4 members (excludes halogenated alkanes) is 1. The number of rotatable bonds is 22. The molecule has 1 aromatic carbocycles. The average molecular weight is 685 g/mol. The summed E-state index contributed by atoms with van der Waals surface area (Å²) in [6, 6.07) is 3.33. The van der Waals surface area contributed by atoms with Crippen LogP contribution in [-0.4, -0.2) is 94.5 Å². The van der Waals surface area contributed by atoms with E-state index in [-0.39, 0.29) is 63.1 Å². The van der Waals surface area contributed by atoms with Crippen LogP contribution < -0.4 is 27.2 Å². The number of aromatic amines is 1. The van der Waals surface area contributed by atoms with Gasteiger partial charge in [0, 0.05) is 35.4 Å². The van der Waals surface area contributed by atoms with Crippen LogP contribution >= 0.6 is 0 Å². The minimum Gasteiger partial charge on any atom is -0.379 e. The van der Waals surface area contributed by atoms with Gasteiger partial charge in [-0.25, -0.2) is 4.79 Å². The molecule has 18 nitrogen and oxygen atoms in total. The number of anilines is 1. The number of H-pyrrole nitrogens is 1. The Morgan fingerprint density at radius 2 is 1.77 bits per heavy atom. The van der Waals surface area contributed by atoms with Gasteiger partial charge in [0.15, 0.2) is 0 Å². The first kappa shape index (κ1) is 38.6. The summed E-state index contributed by atoms with van der Waals surface area (Å²) >= 11 is 0. The Morgan fingerprint density at radius 1 is 1.06 bits per heavy atom. The first-order valence-corrected chi connectivity index (χ1v) is 15.7. The molecule has 1 aromatic heterocycles. The first-order chi connectivity index (χ1) is 22.4. The SMILES string of the molecule is Cc1cn(CC(=O)N[C@@H](CCCCNC(=O)COCCOCCOCCN=[N+]=[N-])C(=O)Nc2cccc(S(=O)(=O)F)c2)c(=O)[nH]c1=O. The molecule has 258 valence electrons. The lowest BCUT2D eigenvalue weighted by atomic mass is 10.1. The van der Waals surface area contributed by atoms with Gasteiger partial charge >= 0.3 is 15.9 Å². The van der Waals surface area contributed by atoms with Crippen molar-refractivity contribution in [3.8, 4) is 0 Å². The molecule has 0 aliphatic heterocycles. The zero-order valence-electron chi connectivity index (χ0n) is 25.6. The van der Waals surface area contributed by atoms with Crippen molar-refractivity contribution in [3.05, 3.63) is 67.3 Å². The lowest BCUT2D eigenvalue weighted by Crippen LogP contribution is -2.46. The summed E-state index contributed by atoms with van der Waals surface area (Å²) in [6.45, 7) is 2.53. The molecule has 4 N–H and O–H groups in total. The third-order valence-electron chi connectivity index (χ3n) is 6.16. The quantitative estimate of drug-likeness (QED) is 0.0433. The van der Waals surface area contributed by atoms with Gasteiger partial charge in [-0.15, -0.1) is 3.89 Å². The molecule has 20 heteroatoms. The molecular weight excluding hydrogens is 647 g/mol. The normalized spacial score (nSPS) is 11.7. The monoisotopic (exact) mass is 684 g/mol. The molecule has 0 spiro atoms. The number of hydrogen-bond acceptors (Lipinski definition) is 11. The van der Waals surface area contributed by atoms with E-state index in [1.807, 2.05) is 0 Å². The number of hydrogen-bond donors (Lipinski definition) is 4. The summed E-state index contributed by atoms with van der Waals surface area (Å²) in [5.74, 6) is -1.85. The highest BCUT2D eigenvalue weighted by Gasteiger charge is 2.22. The smallest absolute Gasteiger partial charge is 0.332 e. The van der Waals surface area contributed by atoms with Crippen molar-refractivity contribution in [1.29, 1.82) is 0 Å². The Hall–Kier alpha value is -4.62. The Morgan fingerprint density at radius 3 is 2.47 bits per heavy atom. The van der Waals surface area contributed by atoms with Crippen molar-refractivity contribution in [2.24, 2.45) is 5.11 Å². The van der Waals surface area contributed by atoms with Gasteiger partial charge in [-0.05, 0) is 49.9 Å². The highest BCUT2D eigenvalue weighted by Crippen LogP contribution is 2.18. The van der Waals surface area contributed by atoms with Crippen LogP contribution in [0.15, 0.2) is 50.1 Å². The molecule has 0 fully saturated rings. The molecule has 0 aliphatic rings. The van der Waals surface area contributed by atoms with Crippen molar-refractivity contribution in [2.45, 2.75) is 43.7 Å². The van der Waals surface area contributed by atoms with Gasteiger partial charge in [0.05, 0.1) is 33.0 Å². The van der Waals surface area contributed by atoms with Crippen LogP contribution in [0.2, 0.25) is 0 Å². The minimum absolute atomic E-state index is 0.0336. The Labute approximate surface area is 268 Å². The molecule has 0 bridgehead atoms. The van der Waals surface area contributed by atoms with Crippen molar-refractivity contribution in [3.63, 3.8) is 0 Å². The number of halogens is 1. The molecule has 2 rings (SSSR count). The van der Waals surface area contributed by atoms with Gasteiger partial charge in [0.25, 0.3) is 5.56 Å².